The smallest absolute Gasteiger partial charge is 0.356 e. The van der Waals surface area contributed by atoms with Crippen molar-refractivity contribution in [1.82, 2.24) is 4.98 Å². The molecule has 0 atom stereocenters. The van der Waals surface area contributed by atoms with Crippen molar-refractivity contribution in [2.24, 2.45) is 0 Å². The molecular weight excluding hydrogens is 295 g/mol. The van der Waals surface area contributed by atoms with Gasteiger partial charge in [-0.25, -0.2) is 22.9 Å². The Bertz CT molecular complexity index is 672. The topological polar surface area (TPSA) is 67.3 Å². The molecule has 0 bridgehead atoms. The molecule has 4 nitrogen and oxygen atoms in total. The van der Waals surface area contributed by atoms with E-state index in [9.17, 15) is 22.8 Å². The van der Waals surface area contributed by atoms with Crippen LogP contribution in [0.2, 0.25) is 0 Å². The summed E-state index contributed by atoms with van der Waals surface area (Å²) in [5.74, 6) is -6.43. The van der Waals surface area contributed by atoms with E-state index in [0.717, 1.165) is 6.92 Å². The fourth-order valence-electron chi connectivity index (χ4n) is 1.51. The Morgan fingerprint density at radius 3 is 2.15 bits per heavy atom. The lowest BCUT2D eigenvalue weighted by atomic mass is 10.2. The fraction of sp³-hybridized carbons (Fsp3) is 0.0833. The number of Topliss-reactive ketones (excluding diaryl/α,β-unsaturated/α-hetero) is 1. The third-order valence-corrected chi connectivity index (χ3v) is 3.59. The molecule has 0 saturated carbocycles. The number of carboxylic acid groups (broad SMARTS) is 1. The predicted octanol–water partition coefficient (Wildman–Crippen LogP) is 3.13. The Hall–Kier alpha value is -2.22. The lowest BCUT2D eigenvalue weighted by molar-refractivity contribution is 0.0687. The third kappa shape index (κ3) is 2.42. The lowest BCUT2D eigenvalue weighted by Gasteiger charge is -1.99. The van der Waals surface area contributed by atoms with Crippen LogP contribution in [-0.4, -0.2) is 21.8 Å². The van der Waals surface area contributed by atoms with Gasteiger partial charge in [0.15, 0.2) is 28.9 Å². The monoisotopic (exact) mass is 301 g/mol. The van der Waals surface area contributed by atoms with Gasteiger partial charge in [-0.3, -0.25) is 4.79 Å². The van der Waals surface area contributed by atoms with Gasteiger partial charge in [0.25, 0.3) is 0 Å². The van der Waals surface area contributed by atoms with Crippen LogP contribution in [0.5, 0.6) is 0 Å². The molecule has 0 fully saturated rings. The summed E-state index contributed by atoms with van der Waals surface area (Å²) in [6, 6.07) is 1.37. The van der Waals surface area contributed by atoms with Crippen molar-refractivity contribution in [3.8, 4) is 10.6 Å². The number of rotatable bonds is 3. The average molecular weight is 301 g/mol. The SMILES string of the molecule is CC(=O)c1sc(-c2cc(F)c(F)c(F)c2)nc1C(=O)O. The van der Waals surface area contributed by atoms with Crippen LogP contribution in [0.1, 0.15) is 27.1 Å². The van der Waals surface area contributed by atoms with Crippen molar-refractivity contribution in [3.05, 3.63) is 40.2 Å². The number of halogens is 3. The highest BCUT2D eigenvalue weighted by atomic mass is 32.1. The van der Waals surface area contributed by atoms with E-state index in [1.165, 1.54) is 0 Å². The fourth-order valence-corrected chi connectivity index (χ4v) is 2.45. The van der Waals surface area contributed by atoms with E-state index in [1.807, 2.05) is 0 Å². The molecule has 0 aliphatic rings. The zero-order chi connectivity index (χ0) is 15.0. The first-order chi connectivity index (χ1) is 9.31. The Morgan fingerprint density at radius 1 is 1.20 bits per heavy atom. The molecule has 8 heteroatoms. The van der Waals surface area contributed by atoms with Gasteiger partial charge in [0, 0.05) is 12.5 Å². The van der Waals surface area contributed by atoms with Gasteiger partial charge in [0.1, 0.15) is 9.88 Å². The number of carboxylic acids is 1. The summed E-state index contributed by atoms with van der Waals surface area (Å²) in [5.41, 5.74) is -0.635. The second kappa shape index (κ2) is 5.04. The van der Waals surface area contributed by atoms with Crippen LogP contribution in [0.3, 0.4) is 0 Å². The molecule has 0 spiro atoms. The molecule has 2 rings (SSSR count). The zero-order valence-corrected chi connectivity index (χ0v) is 10.7. The van der Waals surface area contributed by atoms with E-state index in [2.05, 4.69) is 4.98 Å². The maximum Gasteiger partial charge on any atom is 0.356 e. The number of benzene rings is 1. The summed E-state index contributed by atoms with van der Waals surface area (Å²) >= 11 is 0.675. The predicted molar refractivity (Wildman–Crippen MR) is 64.4 cm³/mol. The number of carbonyl (C=O) groups excluding carboxylic acids is 1. The quantitative estimate of drug-likeness (QED) is 0.698. The first-order valence-electron chi connectivity index (χ1n) is 5.21. The Morgan fingerprint density at radius 2 is 1.75 bits per heavy atom. The van der Waals surface area contributed by atoms with Crippen molar-refractivity contribution in [1.29, 1.82) is 0 Å². The molecule has 1 heterocycles. The van der Waals surface area contributed by atoms with Crippen LogP contribution in [0.25, 0.3) is 10.6 Å². The molecule has 2 aromatic rings. The van der Waals surface area contributed by atoms with Crippen LogP contribution >= 0.6 is 11.3 Å². The number of thiazole rings is 1. The standard InChI is InChI=1S/C12H6F3NO3S/c1-4(17)10-9(12(18)19)16-11(20-10)5-2-6(13)8(15)7(14)3-5/h2-3H,1H3,(H,18,19). The van der Waals surface area contributed by atoms with Crippen molar-refractivity contribution < 1.29 is 27.9 Å². The van der Waals surface area contributed by atoms with Crippen LogP contribution in [0.4, 0.5) is 13.2 Å². The number of nitrogens with zero attached hydrogens (tertiary/aromatic N) is 1. The number of ketones is 1. The number of aromatic nitrogens is 1. The number of carbonyl (C=O) groups is 2. The molecule has 1 aromatic carbocycles. The molecule has 1 aromatic heterocycles. The van der Waals surface area contributed by atoms with Gasteiger partial charge in [-0.1, -0.05) is 0 Å². The van der Waals surface area contributed by atoms with E-state index >= 15 is 0 Å². The molecule has 0 amide bonds. The van der Waals surface area contributed by atoms with E-state index in [4.69, 9.17) is 5.11 Å². The normalized spacial score (nSPS) is 10.6. The van der Waals surface area contributed by atoms with Gasteiger partial charge in [-0.15, -0.1) is 11.3 Å². The lowest BCUT2D eigenvalue weighted by Crippen LogP contribution is -2.03. The van der Waals surface area contributed by atoms with Gasteiger partial charge in [-0.05, 0) is 12.1 Å². The first kappa shape index (κ1) is 14.2. The molecule has 0 aliphatic heterocycles. The highest BCUT2D eigenvalue weighted by Gasteiger charge is 2.22. The highest BCUT2D eigenvalue weighted by Crippen LogP contribution is 2.30. The zero-order valence-electron chi connectivity index (χ0n) is 9.91. The van der Waals surface area contributed by atoms with Gasteiger partial charge in [-0.2, -0.15) is 0 Å². The maximum absolute atomic E-state index is 13.1. The Kier molecular flexibility index (Phi) is 3.58. The van der Waals surface area contributed by atoms with Gasteiger partial charge >= 0.3 is 5.97 Å². The van der Waals surface area contributed by atoms with E-state index in [0.29, 0.717) is 23.5 Å². The molecule has 104 valence electrons. The minimum atomic E-state index is -1.63. The second-order valence-corrected chi connectivity index (χ2v) is 4.81. The Labute approximate surface area is 114 Å². The second-order valence-electron chi connectivity index (χ2n) is 3.81. The highest BCUT2D eigenvalue weighted by molar-refractivity contribution is 7.17. The van der Waals surface area contributed by atoms with Crippen molar-refractivity contribution in [3.63, 3.8) is 0 Å². The van der Waals surface area contributed by atoms with Gasteiger partial charge in [0.2, 0.25) is 0 Å². The minimum absolute atomic E-state index is 0.0783. The maximum atomic E-state index is 13.1. The summed E-state index contributed by atoms with van der Waals surface area (Å²) in [6.07, 6.45) is 0. The summed E-state index contributed by atoms with van der Waals surface area (Å²) in [6.45, 7) is 1.15. The molecule has 1 N–H and O–H groups in total. The van der Waals surface area contributed by atoms with Crippen LogP contribution in [0.15, 0.2) is 12.1 Å². The summed E-state index contributed by atoms with van der Waals surface area (Å²) in [4.78, 5) is 25.8. The molecular formula is C12H6F3NO3S. The summed E-state index contributed by atoms with van der Waals surface area (Å²) in [5, 5.41) is 8.83. The molecule has 0 aliphatic carbocycles. The van der Waals surface area contributed by atoms with Crippen LogP contribution in [0, 0.1) is 17.5 Å². The van der Waals surface area contributed by atoms with Gasteiger partial charge in [0.05, 0.1) is 0 Å². The largest absolute Gasteiger partial charge is 0.476 e. The molecule has 0 radical (unpaired) electrons. The number of aromatic carboxylic acids is 1. The van der Waals surface area contributed by atoms with Crippen molar-refractivity contribution in [2.75, 3.05) is 0 Å². The number of hydrogen-bond acceptors (Lipinski definition) is 4. The van der Waals surface area contributed by atoms with Crippen molar-refractivity contribution >= 4 is 23.1 Å². The van der Waals surface area contributed by atoms with E-state index in [1.54, 1.807) is 0 Å². The molecule has 0 unspecified atom stereocenters. The summed E-state index contributed by atoms with van der Waals surface area (Å²) in [7, 11) is 0. The molecule has 0 saturated heterocycles. The van der Waals surface area contributed by atoms with Crippen LogP contribution < -0.4 is 0 Å². The Balaban J connectivity index is 2.62. The first-order valence-corrected chi connectivity index (χ1v) is 6.03. The van der Waals surface area contributed by atoms with E-state index < -0.39 is 34.9 Å². The van der Waals surface area contributed by atoms with Crippen LogP contribution in [-0.2, 0) is 0 Å². The van der Waals surface area contributed by atoms with Gasteiger partial charge < -0.3 is 5.11 Å². The molecule has 20 heavy (non-hydrogen) atoms. The average Bonchev–Trinajstić information content (AvgIpc) is 2.80. The summed E-state index contributed by atoms with van der Waals surface area (Å²) < 4.78 is 39.1. The van der Waals surface area contributed by atoms with E-state index in [-0.39, 0.29) is 15.4 Å². The minimum Gasteiger partial charge on any atom is -0.476 e. The number of hydrogen-bond donors (Lipinski definition) is 1. The van der Waals surface area contributed by atoms with Crippen molar-refractivity contribution in [2.45, 2.75) is 6.92 Å². The third-order valence-electron chi connectivity index (χ3n) is 2.38.